The van der Waals surface area contributed by atoms with Crippen LogP contribution in [0.25, 0.3) is 0 Å². The number of hydrogen-bond donors (Lipinski definition) is 1. The molecule has 2 unspecified atom stereocenters. The van der Waals surface area contributed by atoms with Gasteiger partial charge in [0.25, 0.3) is 6.29 Å². The fourth-order valence-corrected chi connectivity index (χ4v) is 10.9. The number of quaternary nitrogens is 1. The molecule has 0 fully saturated rings. The van der Waals surface area contributed by atoms with Crippen LogP contribution in [0.3, 0.4) is 0 Å². The quantitative estimate of drug-likeness (QED) is 0.0211. The Morgan fingerprint density at radius 2 is 0.545 bits per heavy atom. The summed E-state index contributed by atoms with van der Waals surface area (Å²) < 4.78 is 23.0. The number of ether oxygens (including phenoxy) is 4. The zero-order valence-corrected chi connectivity index (χ0v) is 64.3. The van der Waals surface area contributed by atoms with E-state index >= 15 is 0 Å². The average Bonchev–Trinajstić information content (AvgIpc) is 2.62. The number of hydrogen-bond acceptors (Lipinski definition) is 7. The molecule has 0 aliphatic rings. The van der Waals surface area contributed by atoms with Crippen LogP contribution in [0.15, 0.2) is 170 Å². The second-order valence-corrected chi connectivity index (χ2v) is 27.6. The van der Waals surface area contributed by atoms with Crippen LogP contribution in [0.1, 0.15) is 322 Å². The van der Waals surface area contributed by atoms with Crippen molar-refractivity contribution >= 4 is 17.9 Å². The lowest BCUT2D eigenvalue weighted by atomic mass is 10.0. The molecule has 0 aromatic carbocycles. The second-order valence-electron chi connectivity index (χ2n) is 27.6. The van der Waals surface area contributed by atoms with Crippen molar-refractivity contribution in [1.82, 2.24) is 0 Å². The van der Waals surface area contributed by atoms with Crippen molar-refractivity contribution < 1.29 is 42.9 Å². The van der Waals surface area contributed by atoms with Crippen molar-refractivity contribution in [3.05, 3.63) is 170 Å². The molecule has 0 aliphatic heterocycles. The summed E-state index contributed by atoms with van der Waals surface area (Å²) in [5, 5.41) is 9.78. The number of nitrogens with zero attached hydrogens (tertiary/aromatic N) is 1. The van der Waals surface area contributed by atoms with E-state index in [2.05, 4.69) is 184 Å². The van der Waals surface area contributed by atoms with Crippen molar-refractivity contribution in [3.63, 3.8) is 0 Å². The molecule has 0 bridgehead atoms. The first-order valence-corrected chi connectivity index (χ1v) is 40.3. The van der Waals surface area contributed by atoms with Crippen LogP contribution in [-0.4, -0.2) is 87.4 Å². The van der Waals surface area contributed by atoms with E-state index in [0.29, 0.717) is 23.9 Å². The lowest BCUT2D eigenvalue weighted by Crippen LogP contribution is -2.40. The predicted octanol–water partition coefficient (Wildman–Crippen LogP) is 26.1. The minimum Gasteiger partial charge on any atom is -0.477 e. The average molecular weight is 1370 g/mol. The van der Waals surface area contributed by atoms with Gasteiger partial charge in [0.05, 0.1) is 34.4 Å². The van der Waals surface area contributed by atoms with Gasteiger partial charge in [-0.2, -0.15) is 0 Å². The summed E-state index contributed by atoms with van der Waals surface area (Å²) in [5.41, 5.74) is 0. The zero-order valence-electron chi connectivity index (χ0n) is 64.3. The van der Waals surface area contributed by atoms with Crippen LogP contribution in [-0.2, 0) is 33.3 Å². The summed E-state index contributed by atoms with van der Waals surface area (Å²) in [5.74, 6) is -2.00. The molecule has 0 rings (SSSR count). The smallest absolute Gasteiger partial charge is 0.361 e. The summed E-state index contributed by atoms with van der Waals surface area (Å²) in [6, 6.07) is 0. The Hall–Kier alpha value is -5.35. The van der Waals surface area contributed by atoms with Crippen LogP contribution in [0, 0.1) is 0 Å². The normalized spacial score (nSPS) is 13.6. The van der Waals surface area contributed by atoms with Crippen molar-refractivity contribution in [2.24, 2.45) is 0 Å². The van der Waals surface area contributed by atoms with Crippen LogP contribution < -0.4 is 0 Å². The van der Waals surface area contributed by atoms with E-state index in [1.807, 2.05) is 21.1 Å². The molecule has 0 saturated carbocycles. The van der Waals surface area contributed by atoms with Gasteiger partial charge in [0.15, 0.2) is 6.10 Å². The van der Waals surface area contributed by atoms with E-state index in [-0.39, 0.29) is 32.2 Å². The lowest BCUT2D eigenvalue weighted by Gasteiger charge is -2.25. The number of esters is 2. The van der Waals surface area contributed by atoms with Gasteiger partial charge in [-0.15, -0.1) is 0 Å². The number of carboxylic acid groups (broad SMARTS) is 1. The number of carbonyl (C=O) groups is 3. The highest BCUT2D eigenvalue weighted by molar-refractivity contribution is 5.71. The number of carbonyl (C=O) groups excluding carboxylic acids is 2. The predicted molar refractivity (Wildman–Crippen MR) is 428 cm³/mol. The Bertz CT molecular complexity index is 2240. The maximum absolute atomic E-state index is 13.0. The Morgan fingerprint density at radius 3 is 0.808 bits per heavy atom. The van der Waals surface area contributed by atoms with E-state index in [4.69, 9.17) is 18.9 Å². The van der Waals surface area contributed by atoms with Crippen molar-refractivity contribution in [1.29, 1.82) is 0 Å². The van der Waals surface area contributed by atoms with E-state index < -0.39 is 24.3 Å². The van der Waals surface area contributed by atoms with Gasteiger partial charge in [0, 0.05) is 12.8 Å². The van der Waals surface area contributed by atoms with Crippen LogP contribution >= 0.6 is 0 Å². The summed E-state index contributed by atoms with van der Waals surface area (Å²) in [7, 11) is 5.98. The summed E-state index contributed by atoms with van der Waals surface area (Å²) in [6.07, 6.45) is 115. The Labute approximate surface area is 609 Å². The molecule has 0 amide bonds. The van der Waals surface area contributed by atoms with E-state index in [0.717, 1.165) is 122 Å². The van der Waals surface area contributed by atoms with Crippen molar-refractivity contribution in [2.45, 2.75) is 334 Å². The SMILES string of the molecule is CC/C=C\C/C=C\C/C=C\C/C=C\C/C=C\C/C=C\C/C=C\C/C=C\CCCCCCCCCCCCCCCCCCC(=O)OC(COC(=O)CCCCCCCCCCCCCCCC/C=C\C/C=C\C/C=C\C/C=C\C/C=C\C/C=C\CC)COC(OCC[N+](C)(C)C)C(=O)O. The van der Waals surface area contributed by atoms with Gasteiger partial charge in [-0.05, 0) is 128 Å². The van der Waals surface area contributed by atoms with Gasteiger partial charge in [0.2, 0.25) is 0 Å². The highest BCUT2D eigenvalue weighted by atomic mass is 16.7. The number of likely N-dealkylation sites (N-methyl/N-ethyl adjacent to an activating group) is 1. The first-order valence-electron chi connectivity index (χ1n) is 40.3. The molecule has 0 aromatic rings. The van der Waals surface area contributed by atoms with Crippen molar-refractivity contribution in [2.75, 3.05) is 47.5 Å². The molecule has 1 N–H and O–H groups in total. The molecule has 0 spiro atoms. The minimum atomic E-state index is -1.52. The zero-order chi connectivity index (χ0) is 71.8. The highest BCUT2D eigenvalue weighted by Gasteiger charge is 2.25. The molecule has 562 valence electrons. The van der Waals surface area contributed by atoms with E-state index in [1.54, 1.807) is 0 Å². The third-order valence-corrected chi connectivity index (χ3v) is 17.0. The molecule has 9 heteroatoms. The molecule has 0 aliphatic carbocycles. The molecule has 0 aromatic heterocycles. The summed E-state index contributed by atoms with van der Waals surface area (Å²) >= 11 is 0. The summed E-state index contributed by atoms with van der Waals surface area (Å²) in [4.78, 5) is 37.8. The maximum atomic E-state index is 13.0. The second kappa shape index (κ2) is 78.4. The van der Waals surface area contributed by atoms with Gasteiger partial charge < -0.3 is 28.5 Å². The largest absolute Gasteiger partial charge is 0.477 e. The highest BCUT2D eigenvalue weighted by Crippen LogP contribution is 2.18. The lowest BCUT2D eigenvalue weighted by molar-refractivity contribution is -0.870. The van der Waals surface area contributed by atoms with E-state index in [9.17, 15) is 19.5 Å². The van der Waals surface area contributed by atoms with Crippen LogP contribution in [0.4, 0.5) is 0 Å². The van der Waals surface area contributed by atoms with Gasteiger partial charge in [-0.1, -0.05) is 351 Å². The molecule has 99 heavy (non-hydrogen) atoms. The first-order chi connectivity index (χ1) is 48.6. The Morgan fingerprint density at radius 1 is 0.303 bits per heavy atom. The summed E-state index contributed by atoms with van der Waals surface area (Å²) in [6.45, 7) is 4.66. The molecule has 0 heterocycles. The molecule has 9 nitrogen and oxygen atoms in total. The fourth-order valence-electron chi connectivity index (χ4n) is 10.9. The standard InChI is InChI=1S/C90H149NO8/c1-6-8-10-12-14-16-18-20-22-24-26-28-30-32-34-36-38-40-41-42-43-44-45-46-47-49-51-53-55-57-59-61-63-65-67-69-71-73-75-77-79-81-88(93)99-86(85-98-90(89(94)95)96-83-82-91(3,4)5)84-97-87(92)80-78-76-74-72-70-68-66-64-62-60-58-56-54-52-50-48-39-37-35-33-31-29-27-25-23-21-19-17-15-13-11-9-7-2/h8-11,14-17,20-23,26-29,32-35,38-40,42-43,45-46,48,86,90H,6-7,12-13,18-19,24-25,30-31,36-37,41,44,47,49-85H2,1-5H3/p+1/b10-8-,11-9-,16-14-,17-15-,22-20-,23-21-,28-26-,29-27-,34-32-,35-33-,40-38-,43-42-,46-45-,48-39-. The Balaban J connectivity index is 4.06. The third kappa shape index (κ3) is 79.8. The van der Waals surface area contributed by atoms with Crippen LogP contribution in [0.2, 0.25) is 0 Å². The maximum Gasteiger partial charge on any atom is 0.361 e. The Kier molecular flexibility index (Phi) is 74.1. The minimum absolute atomic E-state index is 0.182. The number of aliphatic carboxylic acids is 1. The number of allylic oxidation sites excluding steroid dienone is 28. The number of rotatable bonds is 73. The molecule has 2 atom stereocenters. The van der Waals surface area contributed by atoms with Crippen molar-refractivity contribution in [3.8, 4) is 0 Å². The molecule has 0 saturated heterocycles. The molecular weight excluding hydrogens is 1220 g/mol. The molecular formula is C90H150NO8+. The van der Waals surface area contributed by atoms with Gasteiger partial charge in [0.1, 0.15) is 13.2 Å². The van der Waals surface area contributed by atoms with Gasteiger partial charge in [-0.3, -0.25) is 9.59 Å². The number of unbranched alkanes of at least 4 members (excludes halogenated alkanes) is 30. The first kappa shape index (κ1) is 93.6. The topological polar surface area (TPSA) is 108 Å². The van der Waals surface area contributed by atoms with Gasteiger partial charge >= 0.3 is 17.9 Å². The fraction of sp³-hybridized carbons (Fsp3) is 0.656. The van der Waals surface area contributed by atoms with Gasteiger partial charge in [-0.25, -0.2) is 4.79 Å². The van der Waals surface area contributed by atoms with E-state index in [1.165, 1.54) is 167 Å². The molecule has 0 radical (unpaired) electrons. The monoisotopic (exact) mass is 1370 g/mol. The van der Waals surface area contributed by atoms with Crippen LogP contribution in [0.5, 0.6) is 0 Å². The number of carboxylic acids is 1. The third-order valence-electron chi connectivity index (χ3n) is 17.0.